The number of hydrogen-bond donors (Lipinski definition) is 2. The van der Waals surface area contributed by atoms with Crippen molar-refractivity contribution in [2.75, 3.05) is 5.32 Å². The Balaban J connectivity index is 2.03. The van der Waals surface area contributed by atoms with Gasteiger partial charge in [0.2, 0.25) is 0 Å². The van der Waals surface area contributed by atoms with Crippen molar-refractivity contribution in [1.82, 2.24) is 5.32 Å². The number of halogens is 2. The van der Waals surface area contributed by atoms with Crippen LogP contribution in [0.4, 0.5) is 15.8 Å². The molecule has 9 heteroatoms. The van der Waals surface area contributed by atoms with E-state index in [-0.39, 0.29) is 16.4 Å². The van der Waals surface area contributed by atoms with E-state index in [1.54, 1.807) is 0 Å². The molecule has 2 aromatic carbocycles. The van der Waals surface area contributed by atoms with Crippen LogP contribution in [-0.2, 0) is 0 Å². The molecular formula is C14H9BrFN3O3S. The second-order valence-corrected chi connectivity index (χ2v) is 5.60. The minimum absolute atomic E-state index is 0.00822. The number of hydrogen-bond acceptors (Lipinski definition) is 4. The fraction of sp³-hybridized carbons (Fsp3) is 0. The van der Waals surface area contributed by atoms with Gasteiger partial charge in [0.1, 0.15) is 5.82 Å². The predicted octanol–water partition coefficient (Wildman–Crippen LogP) is 3.62. The van der Waals surface area contributed by atoms with Crippen molar-refractivity contribution in [3.05, 3.63) is 68.4 Å². The number of nitro benzene ring substituents is 1. The highest BCUT2D eigenvalue weighted by atomic mass is 79.9. The van der Waals surface area contributed by atoms with Crippen LogP contribution in [0.3, 0.4) is 0 Å². The zero-order chi connectivity index (χ0) is 17.0. The summed E-state index contributed by atoms with van der Waals surface area (Å²) in [7, 11) is 0. The number of nitrogens with one attached hydrogen (secondary N) is 2. The van der Waals surface area contributed by atoms with Crippen LogP contribution in [-0.4, -0.2) is 15.9 Å². The Kier molecular flexibility index (Phi) is 5.35. The van der Waals surface area contributed by atoms with Gasteiger partial charge in [-0.3, -0.25) is 20.2 Å². The number of nitrogens with zero attached hydrogens (tertiary/aromatic N) is 1. The third-order valence-corrected chi connectivity index (χ3v) is 3.61. The Morgan fingerprint density at radius 2 is 1.87 bits per heavy atom. The lowest BCUT2D eigenvalue weighted by atomic mass is 10.2. The van der Waals surface area contributed by atoms with Crippen LogP contribution in [0.25, 0.3) is 0 Å². The van der Waals surface area contributed by atoms with Gasteiger partial charge in [-0.1, -0.05) is 0 Å². The van der Waals surface area contributed by atoms with E-state index in [9.17, 15) is 19.3 Å². The van der Waals surface area contributed by atoms with E-state index in [4.69, 9.17) is 12.2 Å². The molecule has 23 heavy (non-hydrogen) atoms. The van der Waals surface area contributed by atoms with Crippen molar-refractivity contribution in [3.63, 3.8) is 0 Å². The smallest absolute Gasteiger partial charge is 0.270 e. The lowest BCUT2D eigenvalue weighted by molar-refractivity contribution is -0.384. The van der Waals surface area contributed by atoms with Gasteiger partial charge in [0.05, 0.1) is 10.6 Å². The molecule has 0 aliphatic rings. The molecule has 0 spiro atoms. The van der Waals surface area contributed by atoms with Crippen LogP contribution in [0.5, 0.6) is 0 Å². The zero-order valence-electron chi connectivity index (χ0n) is 11.4. The van der Waals surface area contributed by atoms with E-state index >= 15 is 0 Å². The van der Waals surface area contributed by atoms with Crippen molar-refractivity contribution in [2.24, 2.45) is 0 Å². The summed E-state index contributed by atoms with van der Waals surface area (Å²) in [6.45, 7) is 0. The monoisotopic (exact) mass is 397 g/mol. The first-order valence-corrected chi connectivity index (χ1v) is 7.39. The van der Waals surface area contributed by atoms with Gasteiger partial charge in [-0.05, 0) is 58.5 Å². The third-order valence-electron chi connectivity index (χ3n) is 2.75. The summed E-state index contributed by atoms with van der Waals surface area (Å²) in [4.78, 5) is 22.1. The van der Waals surface area contributed by atoms with Crippen LogP contribution in [0.2, 0.25) is 0 Å². The molecule has 0 aliphatic heterocycles. The number of carbonyl (C=O) groups is 1. The standard InChI is InChI=1S/C14H9BrFN3O3S/c15-11-7-10(19(21)22)5-6-12(11)17-14(23)18-13(20)8-1-3-9(16)4-2-8/h1-7H,(H2,17,18,20,23). The fourth-order valence-electron chi connectivity index (χ4n) is 1.65. The van der Waals surface area contributed by atoms with E-state index in [2.05, 4.69) is 26.6 Å². The summed E-state index contributed by atoms with van der Waals surface area (Å²) < 4.78 is 13.2. The summed E-state index contributed by atoms with van der Waals surface area (Å²) >= 11 is 8.19. The number of thiocarbonyl (C=S) groups is 1. The SMILES string of the molecule is O=C(NC(=S)Nc1ccc([N+](=O)[O-])cc1Br)c1ccc(F)cc1. The number of non-ortho nitro benzene ring substituents is 1. The average molecular weight is 398 g/mol. The van der Waals surface area contributed by atoms with Gasteiger partial charge in [0, 0.05) is 22.2 Å². The van der Waals surface area contributed by atoms with Gasteiger partial charge >= 0.3 is 0 Å². The lowest BCUT2D eigenvalue weighted by Crippen LogP contribution is -2.34. The first-order chi connectivity index (χ1) is 10.9. The van der Waals surface area contributed by atoms with Crippen LogP contribution < -0.4 is 10.6 Å². The maximum absolute atomic E-state index is 12.8. The van der Waals surface area contributed by atoms with Crippen molar-refractivity contribution in [2.45, 2.75) is 0 Å². The molecule has 1 amide bonds. The number of anilines is 1. The van der Waals surface area contributed by atoms with Crippen LogP contribution in [0.15, 0.2) is 46.9 Å². The normalized spacial score (nSPS) is 10.0. The minimum atomic E-state index is -0.525. The van der Waals surface area contributed by atoms with Gasteiger partial charge in [-0.2, -0.15) is 0 Å². The van der Waals surface area contributed by atoms with Gasteiger partial charge < -0.3 is 5.32 Å². The van der Waals surface area contributed by atoms with Gasteiger partial charge in [0.25, 0.3) is 11.6 Å². The fourth-order valence-corrected chi connectivity index (χ4v) is 2.32. The Morgan fingerprint density at radius 3 is 2.43 bits per heavy atom. The van der Waals surface area contributed by atoms with Crippen molar-refractivity contribution in [1.29, 1.82) is 0 Å². The minimum Gasteiger partial charge on any atom is -0.331 e. The van der Waals surface area contributed by atoms with E-state index in [0.717, 1.165) is 12.1 Å². The Morgan fingerprint density at radius 1 is 1.22 bits per heavy atom. The van der Waals surface area contributed by atoms with Gasteiger partial charge in [-0.15, -0.1) is 0 Å². The Bertz CT molecular complexity index is 783. The highest BCUT2D eigenvalue weighted by Crippen LogP contribution is 2.27. The number of nitro groups is 1. The molecular weight excluding hydrogens is 389 g/mol. The molecule has 6 nitrogen and oxygen atoms in total. The van der Waals surface area contributed by atoms with Crippen LogP contribution >= 0.6 is 28.1 Å². The quantitative estimate of drug-likeness (QED) is 0.469. The second kappa shape index (κ2) is 7.25. The number of amides is 1. The molecule has 2 aromatic rings. The summed E-state index contributed by atoms with van der Waals surface area (Å²) in [5.74, 6) is -0.947. The molecule has 2 N–H and O–H groups in total. The van der Waals surface area contributed by atoms with Crippen LogP contribution in [0, 0.1) is 15.9 Å². The molecule has 0 radical (unpaired) electrons. The highest BCUT2D eigenvalue weighted by molar-refractivity contribution is 9.10. The number of rotatable bonds is 3. The molecule has 0 saturated carbocycles. The molecule has 0 aromatic heterocycles. The maximum atomic E-state index is 12.8. The molecule has 0 unspecified atom stereocenters. The summed E-state index contributed by atoms with van der Waals surface area (Å²) in [6.07, 6.45) is 0. The molecule has 0 saturated heterocycles. The largest absolute Gasteiger partial charge is 0.331 e. The highest BCUT2D eigenvalue weighted by Gasteiger charge is 2.12. The average Bonchev–Trinajstić information content (AvgIpc) is 2.49. The predicted molar refractivity (Wildman–Crippen MR) is 90.9 cm³/mol. The number of benzene rings is 2. The van der Waals surface area contributed by atoms with Gasteiger partial charge in [0.15, 0.2) is 5.11 Å². The van der Waals surface area contributed by atoms with E-state index in [0.29, 0.717) is 10.2 Å². The molecule has 0 fully saturated rings. The molecule has 0 atom stereocenters. The summed E-state index contributed by atoms with van der Waals surface area (Å²) in [6, 6.07) is 9.06. The van der Waals surface area contributed by atoms with Crippen LogP contribution in [0.1, 0.15) is 10.4 Å². The summed E-state index contributed by atoms with van der Waals surface area (Å²) in [5.41, 5.74) is 0.627. The van der Waals surface area contributed by atoms with E-state index in [1.165, 1.54) is 30.3 Å². The Hall–Kier alpha value is -2.39. The summed E-state index contributed by atoms with van der Waals surface area (Å²) in [5, 5.41) is 15.9. The third kappa shape index (κ3) is 4.54. The maximum Gasteiger partial charge on any atom is 0.270 e. The number of carbonyl (C=O) groups excluding carboxylic acids is 1. The second-order valence-electron chi connectivity index (χ2n) is 4.34. The van der Waals surface area contributed by atoms with E-state index < -0.39 is 16.6 Å². The molecule has 0 heterocycles. The van der Waals surface area contributed by atoms with E-state index in [1.807, 2.05) is 0 Å². The molecule has 118 valence electrons. The zero-order valence-corrected chi connectivity index (χ0v) is 13.8. The van der Waals surface area contributed by atoms with Crippen molar-refractivity contribution in [3.8, 4) is 0 Å². The Labute approximate surface area is 144 Å². The first kappa shape index (κ1) is 17.0. The first-order valence-electron chi connectivity index (χ1n) is 6.18. The van der Waals surface area contributed by atoms with Crippen molar-refractivity contribution >= 4 is 50.5 Å². The molecule has 0 aliphatic carbocycles. The topological polar surface area (TPSA) is 84.3 Å². The van der Waals surface area contributed by atoms with Crippen molar-refractivity contribution < 1.29 is 14.1 Å². The molecule has 2 rings (SSSR count). The lowest BCUT2D eigenvalue weighted by Gasteiger charge is -2.11. The van der Waals surface area contributed by atoms with Gasteiger partial charge in [-0.25, -0.2) is 4.39 Å². The molecule has 0 bridgehead atoms.